The molecule has 113 heavy (non-hydrogen) atoms. The zero-order valence-corrected chi connectivity index (χ0v) is 74.6. The summed E-state index contributed by atoms with van der Waals surface area (Å²) in [5, 5.41) is 12.5. The predicted molar refractivity (Wildman–Crippen MR) is 497 cm³/mol. The van der Waals surface area contributed by atoms with E-state index in [1.807, 2.05) is 0 Å². The third-order valence-corrected chi connectivity index (χ3v) is 38.7. The summed E-state index contributed by atoms with van der Waals surface area (Å²) >= 11 is 0. The summed E-state index contributed by atoms with van der Waals surface area (Å²) in [6, 6.07) is 94.7. The van der Waals surface area contributed by atoms with Crippen molar-refractivity contribution in [3.63, 3.8) is 0 Å². The fraction of sp³-hybridized carbons (Fsp3) is 0.412. The van der Waals surface area contributed by atoms with Gasteiger partial charge in [0.1, 0.15) is 0 Å². The number of aryl methyl sites for hydroxylation is 2. The first kappa shape index (κ1) is 87.9. The number of nitrogens with zero attached hydrogens (tertiary/aromatic N) is 8. The molecule has 0 amide bonds. The van der Waals surface area contributed by atoms with Crippen LogP contribution < -0.4 is 57.8 Å². The van der Waals surface area contributed by atoms with Crippen LogP contribution in [-0.4, -0.2) is 144 Å². The normalized spacial score (nSPS) is 13.0. The Morgan fingerprint density at radius 3 is 0.442 bits per heavy atom. The summed E-state index contributed by atoms with van der Waals surface area (Å²) < 4.78 is 8.84. The number of rotatable bonds is 44. The average Bonchev–Trinajstić information content (AvgIpc) is 0.666. The maximum atomic E-state index is 8.84. The molecule has 604 valence electrons. The Labute approximate surface area is 685 Å². The van der Waals surface area contributed by atoms with Crippen molar-refractivity contribution in [2.75, 3.05) is 105 Å². The van der Waals surface area contributed by atoms with Crippen molar-refractivity contribution in [3.8, 4) is 11.5 Å². The van der Waals surface area contributed by atoms with Gasteiger partial charge in [0.2, 0.25) is 0 Å². The molecule has 0 aliphatic rings. The van der Waals surface area contributed by atoms with Crippen molar-refractivity contribution in [1.29, 1.82) is 0 Å². The molecule has 0 aromatic heterocycles. The van der Waals surface area contributed by atoms with Gasteiger partial charge in [-0.2, -0.15) is 0 Å². The fourth-order valence-corrected chi connectivity index (χ4v) is 31.8. The Morgan fingerprint density at radius 1 is 0.186 bits per heavy atom. The molecule has 0 unspecified atom stereocenters. The van der Waals surface area contributed by atoms with Crippen molar-refractivity contribution >= 4 is 66.3 Å². The zero-order chi connectivity index (χ0) is 80.8. The zero-order valence-electron chi connectivity index (χ0n) is 72.8. The van der Waals surface area contributed by atoms with Gasteiger partial charge in [-0.25, -0.2) is 0 Å². The topological polar surface area (TPSA) is 35.2 Å². The second-order valence-corrected chi connectivity index (χ2v) is 40.9. The average molecular weight is 1560 g/mol. The van der Waals surface area contributed by atoms with E-state index in [1.54, 1.807) is 0 Å². The van der Waals surface area contributed by atoms with Crippen LogP contribution in [0.25, 0.3) is 0 Å². The van der Waals surface area contributed by atoms with Crippen molar-refractivity contribution in [3.05, 3.63) is 286 Å². The minimum atomic E-state index is -4.50. The van der Waals surface area contributed by atoms with Gasteiger partial charge < -0.3 is 0 Å². The molecule has 0 saturated carbocycles. The molecule has 0 aliphatic carbocycles. The van der Waals surface area contributed by atoms with E-state index in [1.165, 1.54) is 109 Å². The van der Waals surface area contributed by atoms with E-state index in [9.17, 15) is 0 Å². The number of hydrogen-bond acceptors (Lipinski definition) is 9. The van der Waals surface area contributed by atoms with Crippen LogP contribution in [0, 0.1) is 13.8 Å². The van der Waals surface area contributed by atoms with E-state index in [-0.39, 0.29) is 0 Å². The monoisotopic (exact) mass is 1560 g/mol. The van der Waals surface area contributed by atoms with Crippen molar-refractivity contribution in [2.24, 2.45) is 0 Å². The molecule has 0 saturated heterocycles. The molecule has 11 heteroatoms. The van der Waals surface area contributed by atoms with Crippen molar-refractivity contribution in [2.45, 2.75) is 177 Å². The van der Waals surface area contributed by atoms with Gasteiger partial charge in [-0.3, -0.25) is 0 Å². The standard InChI is InChI=1S/C102H140N8OP2/c1-19-103(20-2)73-83-37-53-91(54-38-83)112(92-55-39-84(40-56-92)74-104(21-3)22-4,93-57-41-85(42-58-93)75-105(23-5)24-6,94-59-43-86(44-60-94)76-106(25-7)26-8)101-71-81(17)35-69-99(101)111-100-70-36-82(18)72-102(100)113(95-61-45-87(46-62-95)77-107(27-9)28-10,96-63-47-88(48-64-96)78-108(29-11)30-12,97-65-49-89(50-66-97)79-109(31-13)32-14)98-67-51-90(52-68-98)80-110(33-15)34-16/h35-72H,19-34,73-80H2,1-18H3. The van der Waals surface area contributed by atoms with Gasteiger partial charge in [-0.15, -0.1) is 0 Å². The van der Waals surface area contributed by atoms with E-state index < -0.39 is 13.2 Å². The summed E-state index contributed by atoms with van der Waals surface area (Å²) in [5.74, 6) is 1.67. The predicted octanol–water partition coefficient (Wildman–Crippen LogP) is 17.8. The molecule has 10 aromatic rings. The van der Waals surface area contributed by atoms with Gasteiger partial charge in [0, 0.05) is 0 Å². The number of ether oxygens (including phenoxy) is 1. The van der Waals surface area contributed by atoms with Crippen LogP contribution >= 0.6 is 13.2 Å². The Hall–Kier alpha value is -7.46. The van der Waals surface area contributed by atoms with E-state index in [4.69, 9.17) is 4.74 Å². The molecular weight excluding hydrogens is 1420 g/mol. The van der Waals surface area contributed by atoms with Crippen molar-refractivity contribution < 1.29 is 4.74 Å². The third-order valence-electron chi connectivity index (χ3n) is 25.4. The molecule has 9 nitrogen and oxygen atoms in total. The maximum absolute atomic E-state index is 8.84. The number of hydrogen-bond donors (Lipinski definition) is 0. The Balaban J connectivity index is 1.45. The first-order valence-corrected chi connectivity index (χ1v) is 47.9. The minimum absolute atomic E-state index is 0.835. The van der Waals surface area contributed by atoms with Gasteiger partial charge in [0.15, 0.2) is 0 Å². The van der Waals surface area contributed by atoms with Crippen LogP contribution in [0.3, 0.4) is 0 Å². The summed E-state index contributed by atoms with van der Waals surface area (Å²) in [5.41, 5.74) is 12.7. The van der Waals surface area contributed by atoms with Crippen LogP contribution in [0.15, 0.2) is 231 Å². The van der Waals surface area contributed by atoms with E-state index in [0.29, 0.717) is 0 Å². The molecule has 0 N–H and O–H groups in total. The van der Waals surface area contributed by atoms with Gasteiger partial charge in [-0.1, -0.05) is 0 Å². The van der Waals surface area contributed by atoms with Gasteiger partial charge in [0.05, 0.1) is 0 Å². The SMILES string of the molecule is CCN(CC)Cc1ccc(P(c2ccc(CN(CC)CC)cc2)(c2ccc(CN(CC)CC)cc2)(c2ccc(CN(CC)CC)cc2)c2cc(C)ccc2Oc2ccc(C)cc2P(c2ccc(CN(CC)CC)cc2)(c2ccc(CN(CC)CC)cc2)(c2ccc(CN(CC)CC)cc2)c2ccc(CN(CC)CC)cc2)cc1. The molecule has 0 radical (unpaired) electrons. The van der Waals surface area contributed by atoms with Gasteiger partial charge in [-0.05, 0) is 0 Å². The van der Waals surface area contributed by atoms with E-state index in [0.717, 1.165) is 169 Å². The summed E-state index contributed by atoms with van der Waals surface area (Å²) in [4.78, 5) is 20.3. The number of benzene rings is 10. The van der Waals surface area contributed by atoms with Gasteiger partial charge >= 0.3 is 690 Å². The third kappa shape index (κ3) is 18.1. The van der Waals surface area contributed by atoms with Crippen LogP contribution in [-0.2, 0) is 52.4 Å². The van der Waals surface area contributed by atoms with E-state index in [2.05, 4.69) is 394 Å². The molecule has 10 aromatic carbocycles. The Morgan fingerprint density at radius 2 is 0.319 bits per heavy atom. The van der Waals surface area contributed by atoms with Crippen molar-refractivity contribution in [1.82, 2.24) is 39.2 Å². The molecular formula is C102H140N8OP2. The summed E-state index contributed by atoms with van der Waals surface area (Å²) in [6.07, 6.45) is 0. The van der Waals surface area contributed by atoms with Gasteiger partial charge in [0.25, 0.3) is 0 Å². The quantitative estimate of drug-likeness (QED) is 0.0347. The Bertz CT molecular complexity index is 3740. The molecule has 0 fully saturated rings. The van der Waals surface area contributed by atoms with Crippen LogP contribution in [0.1, 0.15) is 166 Å². The first-order chi connectivity index (χ1) is 54.9. The van der Waals surface area contributed by atoms with Crippen LogP contribution in [0.5, 0.6) is 11.5 Å². The second-order valence-electron chi connectivity index (χ2n) is 31.3. The fourth-order valence-electron chi connectivity index (χ4n) is 18.0. The van der Waals surface area contributed by atoms with E-state index >= 15 is 0 Å². The molecule has 0 heterocycles. The molecule has 0 atom stereocenters. The van der Waals surface area contributed by atoms with Crippen LogP contribution in [0.4, 0.5) is 0 Å². The molecule has 0 spiro atoms. The summed E-state index contributed by atoms with van der Waals surface area (Å²) in [6.45, 7) is 54.7. The Kier molecular flexibility index (Phi) is 31.8. The molecule has 10 rings (SSSR count). The molecule has 0 aliphatic heterocycles. The molecule has 0 bridgehead atoms. The van der Waals surface area contributed by atoms with Crippen LogP contribution in [0.2, 0.25) is 0 Å². The summed E-state index contributed by atoms with van der Waals surface area (Å²) in [7, 11) is 0. The second kappa shape index (κ2) is 40.9. The first-order valence-electron chi connectivity index (χ1n) is 43.4.